The summed E-state index contributed by atoms with van der Waals surface area (Å²) in [6.45, 7) is 3.87. The molecular weight excluding hydrogens is 296 g/mol. The third-order valence-corrected chi connectivity index (χ3v) is 4.77. The lowest BCUT2D eigenvalue weighted by Crippen LogP contribution is -2.24. The molecule has 1 saturated heterocycles. The van der Waals surface area contributed by atoms with Crippen molar-refractivity contribution in [3.63, 3.8) is 0 Å². The minimum absolute atomic E-state index is 0.311. The molecule has 2 heterocycles. The second-order valence-electron chi connectivity index (χ2n) is 6.99. The van der Waals surface area contributed by atoms with Crippen molar-refractivity contribution in [3.05, 3.63) is 41.6 Å². The minimum Gasteiger partial charge on any atom is -0.376 e. The van der Waals surface area contributed by atoms with Crippen LogP contribution in [0.2, 0.25) is 0 Å². The highest BCUT2D eigenvalue weighted by Crippen LogP contribution is 2.28. The molecule has 0 N–H and O–H groups in total. The largest absolute Gasteiger partial charge is 0.376 e. The number of hydrogen-bond acceptors (Lipinski definition) is 2. The van der Waals surface area contributed by atoms with Crippen molar-refractivity contribution in [3.8, 4) is 23.1 Å². The van der Waals surface area contributed by atoms with Crippen molar-refractivity contribution in [1.82, 2.24) is 9.78 Å². The number of aromatic nitrogens is 2. The van der Waals surface area contributed by atoms with Crippen molar-refractivity contribution in [2.75, 3.05) is 6.61 Å². The zero-order chi connectivity index (χ0) is 16.4. The van der Waals surface area contributed by atoms with Gasteiger partial charge in [0, 0.05) is 29.8 Å². The highest BCUT2D eigenvalue weighted by atomic mass is 16.5. The molecular formula is C21H24N2O. The van der Waals surface area contributed by atoms with E-state index in [9.17, 15) is 0 Å². The Hall–Kier alpha value is -2.05. The van der Waals surface area contributed by atoms with Crippen molar-refractivity contribution < 1.29 is 4.74 Å². The van der Waals surface area contributed by atoms with E-state index in [1.54, 1.807) is 0 Å². The van der Waals surface area contributed by atoms with Gasteiger partial charge in [0.1, 0.15) is 0 Å². The summed E-state index contributed by atoms with van der Waals surface area (Å²) in [7, 11) is 0. The molecule has 1 aliphatic heterocycles. The molecule has 0 radical (unpaired) electrons. The predicted octanol–water partition coefficient (Wildman–Crippen LogP) is 4.19. The van der Waals surface area contributed by atoms with Crippen LogP contribution in [-0.2, 0) is 11.3 Å². The summed E-state index contributed by atoms with van der Waals surface area (Å²) in [5.41, 5.74) is 4.53. The standard InChI is InChI=1S/C21H24N2O/c1-16-14-23(15-20-4-2-3-13-24-20)22-21(16)19-11-9-18(10-12-19)8-7-17-5-6-17/h9-12,14,17,20H,2-6,13,15H2,1H3/t20-/m1/s1. The first kappa shape index (κ1) is 15.5. The molecule has 1 aromatic heterocycles. The maximum absolute atomic E-state index is 5.83. The molecule has 0 amide bonds. The number of hydrogen-bond donors (Lipinski definition) is 0. The summed E-state index contributed by atoms with van der Waals surface area (Å²) in [4.78, 5) is 0. The minimum atomic E-state index is 0.311. The van der Waals surface area contributed by atoms with E-state index in [1.165, 1.54) is 31.2 Å². The molecule has 1 saturated carbocycles. The van der Waals surface area contributed by atoms with Crippen LogP contribution < -0.4 is 0 Å². The molecule has 24 heavy (non-hydrogen) atoms. The van der Waals surface area contributed by atoms with Gasteiger partial charge in [-0.15, -0.1) is 0 Å². The molecule has 1 aromatic carbocycles. The van der Waals surface area contributed by atoms with Gasteiger partial charge in [0.25, 0.3) is 0 Å². The molecule has 0 unspecified atom stereocenters. The fourth-order valence-corrected chi connectivity index (χ4v) is 3.18. The van der Waals surface area contributed by atoms with Crippen LogP contribution in [0.3, 0.4) is 0 Å². The third kappa shape index (κ3) is 3.71. The Labute approximate surface area is 144 Å². The quantitative estimate of drug-likeness (QED) is 0.793. The smallest absolute Gasteiger partial charge is 0.0952 e. The Morgan fingerprint density at radius 1 is 1.17 bits per heavy atom. The monoisotopic (exact) mass is 320 g/mol. The lowest BCUT2D eigenvalue weighted by Gasteiger charge is -2.22. The second kappa shape index (κ2) is 6.83. The third-order valence-electron chi connectivity index (χ3n) is 4.77. The molecule has 3 nitrogen and oxygen atoms in total. The molecule has 0 bridgehead atoms. The zero-order valence-corrected chi connectivity index (χ0v) is 14.3. The van der Waals surface area contributed by atoms with E-state index in [2.05, 4.69) is 49.2 Å². The van der Waals surface area contributed by atoms with Gasteiger partial charge in [0.2, 0.25) is 0 Å². The molecule has 124 valence electrons. The van der Waals surface area contributed by atoms with Gasteiger partial charge in [-0.3, -0.25) is 4.68 Å². The summed E-state index contributed by atoms with van der Waals surface area (Å²) in [6, 6.07) is 8.47. The Bertz CT molecular complexity index is 753. The van der Waals surface area contributed by atoms with Gasteiger partial charge in [-0.1, -0.05) is 24.0 Å². The maximum Gasteiger partial charge on any atom is 0.0952 e. The average Bonchev–Trinajstić information content (AvgIpc) is 3.37. The molecule has 1 aliphatic carbocycles. The van der Waals surface area contributed by atoms with Crippen LogP contribution in [0, 0.1) is 24.7 Å². The Kier molecular flexibility index (Phi) is 4.40. The highest BCUT2D eigenvalue weighted by Gasteiger charge is 2.18. The van der Waals surface area contributed by atoms with Gasteiger partial charge in [-0.05, 0) is 56.7 Å². The first-order chi connectivity index (χ1) is 11.8. The Balaban J connectivity index is 1.48. The van der Waals surface area contributed by atoms with Crippen LogP contribution in [0.15, 0.2) is 30.5 Å². The summed E-state index contributed by atoms with van der Waals surface area (Å²) in [6.07, 6.45) is 8.58. The van der Waals surface area contributed by atoms with E-state index in [0.29, 0.717) is 12.0 Å². The van der Waals surface area contributed by atoms with E-state index in [4.69, 9.17) is 9.84 Å². The Morgan fingerprint density at radius 3 is 2.71 bits per heavy atom. The lowest BCUT2D eigenvalue weighted by molar-refractivity contribution is 0.00402. The number of rotatable bonds is 3. The average molecular weight is 320 g/mol. The normalized spacial score (nSPS) is 20.5. The summed E-state index contributed by atoms with van der Waals surface area (Å²) in [5, 5.41) is 4.79. The van der Waals surface area contributed by atoms with Gasteiger partial charge in [-0.25, -0.2) is 0 Å². The van der Waals surface area contributed by atoms with Crippen LogP contribution in [0.4, 0.5) is 0 Å². The van der Waals surface area contributed by atoms with E-state index >= 15 is 0 Å². The fourth-order valence-electron chi connectivity index (χ4n) is 3.18. The molecule has 3 heteroatoms. The van der Waals surface area contributed by atoms with Gasteiger partial charge in [0.05, 0.1) is 18.3 Å². The van der Waals surface area contributed by atoms with E-state index < -0.39 is 0 Å². The van der Waals surface area contributed by atoms with Crippen LogP contribution in [0.1, 0.15) is 43.2 Å². The SMILES string of the molecule is Cc1cn(C[C@H]2CCCCO2)nc1-c1ccc(C#CC2CC2)cc1. The zero-order valence-electron chi connectivity index (χ0n) is 14.3. The van der Waals surface area contributed by atoms with Crippen LogP contribution >= 0.6 is 0 Å². The molecule has 2 aromatic rings. The lowest BCUT2D eigenvalue weighted by atomic mass is 10.1. The Morgan fingerprint density at radius 2 is 2.00 bits per heavy atom. The predicted molar refractivity (Wildman–Crippen MR) is 95.6 cm³/mol. The molecule has 2 fully saturated rings. The van der Waals surface area contributed by atoms with Crippen molar-refractivity contribution in [2.45, 2.75) is 51.7 Å². The molecule has 1 atom stereocenters. The van der Waals surface area contributed by atoms with Crippen LogP contribution in [0.5, 0.6) is 0 Å². The van der Waals surface area contributed by atoms with Gasteiger partial charge in [0.15, 0.2) is 0 Å². The van der Waals surface area contributed by atoms with Crippen molar-refractivity contribution >= 4 is 0 Å². The maximum atomic E-state index is 5.83. The first-order valence-electron chi connectivity index (χ1n) is 9.05. The topological polar surface area (TPSA) is 27.1 Å². The number of nitrogens with zero attached hydrogens (tertiary/aromatic N) is 2. The van der Waals surface area contributed by atoms with E-state index in [1.807, 2.05) is 4.68 Å². The van der Waals surface area contributed by atoms with Gasteiger partial charge >= 0.3 is 0 Å². The van der Waals surface area contributed by atoms with Crippen LogP contribution in [-0.4, -0.2) is 22.5 Å². The van der Waals surface area contributed by atoms with E-state index in [0.717, 1.165) is 36.4 Å². The first-order valence-corrected chi connectivity index (χ1v) is 9.05. The fraction of sp³-hybridized carbons (Fsp3) is 0.476. The van der Waals surface area contributed by atoms with Crippen LogP contribution in [0.25, 0.3) is 11.3 Å². The van der Waals surface area contributed by atoms with Gasteiger partial charge < -0.3 is 4.74 Å². The van der Waals surface area contributed by atoms with E-state index in [-0.39, 0.29) is 0 Å². The molecule has 0 spiro atoms. The van der Waals surface area contributed by atoms with Crippen molar-refractivity contribution in [1.29, 1.82) is 0 Å². The van der Waals surface area contributed by atoms with Gasteiger partial charge in [-0.2, -0.15) is 5.10 Å². The molecule has 4 rings (SSSR count). The summed E-state index contributed by atoms with van der Waals surface area (Å²) >= 11 is 0. The number of aryl methyl sites for hydroxylation is 1. The van der Waals surface area contributed by atoms with Crippen molar-refractivity contribution in [2.24, 2.45) is 5.92 Å². The summed E-state index contributed by atoms with van der Waals surface area (Å²) in [5.74, 6) is 7.22. The second-order valence-corrected chi connectivity index (χ2v) is 6.99. The highest BCUT2D eigenvalue weighted by molar-refractivity contribution is 5.63. The summed E-state index contributed by atoms with van der Waals surface area (Å²) < 4.78 is 7.87. The molecule has 2 aliphatic rings. The number of ether oxygens (including phenoxy) is 1. The number of benzene rings is 1.